The van der Waals surface area contributed by atoms with Gasteiger partial charge in [-0.15, -0.1) is 0 Å². The van der Waals surface area contributed by atoms with E-state index in [1.165, 1.54) is 25.7 Å². The lowest BCUT2D eigenvalue weighted by atomic mass is 10.0. The molecule has 2 nitrogen and oxygen atoms in total. The number of halogens is 2. The second-order valence-corrected chi connectivity index (χ2v) is 6.65. The first kappa shape index (κ1) is 11.3. The minimum atomic E-state index is 0.668. The van der Waals surface area contributed by atoms with E-state index in [1.807, 2.05) is 6.07 Å². The Morgan fingerprint density at radius 3 is 2.62 bits per heavy atom. The number of hydrogen-bond donors (Lipinski definition) is 1. The highest BCUT2D eigenvalue weighted by atomic mass is 79.9. The third-order valence-corrected chi connectivity index (χ3v) is 5.52. The van der Waals surface area contributed by atoms with Crippen LogP contribution < -0.4 is 5.32 Å². The Balaban J connectivity index is 1.49. The normalized spacial score (nSPS) is 22.4. The van der Waals surface area contributed by atoms with Crippen LogP contribution in [0.2, 0.25) is 0 Å². The highest BCUT2D eigenvalue weighted by molar-refractivity contribution is 9.13. The zero-order valence-corrected chi connectivity index (χ0v) is 12.2. The molecule has 0 radical (unpaired) electrons. The quantitative estimate of drug-likeness (QED) is 0.867. The van der Waals surface area contributed by atoms with Crippen molar-refractivity contribution in [3.05, 3.63) is 21.0 Å². The molecule has 0 bridgehead atoms. The van der Waals surface area contributed by atoms with Crippen LogP contribution in [0.25, 0.3) is 0 Å². The molecule has 4 heteroatoms. The Kier molecular flexibility index (Phi) is 2.93. The third-order valence-electron chi connectivity index (χ3n) is 3.81. The maximum absolute atomic E-state index is 5.53. The lowest BCUT2D eigenvalue weighted by Gasteiger charge is -2.13. The highest BCUT2D eigenvalue weighted by Crippen LogP contribution is 2.60. The molecule has 1 aromatic heterocycles. The van der Waals surface area contributed by atoms with Gasteiger partial charge in [-0.05, 0) is 74.9 Å². The summed E-state index contributed by atoms with van der Waals surface area (Å²) < 4.78 is 7.31. The molecule has 16 heavy (non-hydrogen) atoms. The van der Waals surface area contributed by atoms with Gasteiger partial charge in [0.2, 0.25) is 0 Å². The summed E-state index contributed by atoms with van der Waals surface area (Å²) in [6.45, 7) is 1.99. The average molecular weight is 349 g/mol. The van der Waals surface area contributed by atoms with Crippen molar-refractivity contribution in [3.8, 4) is 0 Å². The molecule has 0 amide bonds. The van der Waals surface area contributed by atoms with Gasteiger partial charge in [-0.2, -0.15) is 0 Å². The molecule has 2 fully saturated rings. The standard InChI is InChI=1S/C12H15Br2NO/c13-10-5-9(16-11(10)14)6-15-7-12(3-4-12)8-1-2-8/h5,8,15H,1-4,6-7H2. The predicted octanol–water partition coefficient (Wildman–Crippen LogP) is 4.08. The summed E-state index contributed by atoms with van der Waals surface area (Å²) in [5.41, 5.74) is 0.668. The number of furan rings is 1. The molecule has 2 saturated carbocycles. The van der Waals surface area contributed by atoms with Crippen LogP contribution in [-0.4, -0.2) is 6.54 Å². The Hall–Kier alpha value is 0.200. The van der Waals surface area contributed by atoms with Gasteiger partial charge in [0.1, 0.15) is 5.76 Å². The first-order chi connectivity index (χ1) is 7.70. The zero-order chi connectivity index (χ0) is 11.2. The third kappa shape index (κ3) is 2.24. The van der Waals surface area contributed by atoms with E-state index in [0.717, 1.165) is 33.9 Å². The Bertz CT molecular complexity index is 374. The van der Waals surface area contributed by atoms with Crippen molar-refractivity contribution in [2.45, 2.75) is 32.2 Å². The van der Waals surface area contributed by atoms with Crippen LogP contribution in [0.1, 0.15) is 31.4 Å². The first-order valence-electron chi connectivity index (χ1n) is 5.84. The van der Waals surface area contributed by atoms with Gasteiger partial charge in [0.15, 0.2) is 4.67 Å². The molecule has 3 rings (SSSR count). The smallest absolute Gasteiger partial charge is 0.183 e. The van der Waals surface area contributed by atoms with Gasteiger partial charge in [-0.1, -0.05) is 0 Å². The van der Waals surface area contributed by atoms with Crippen molar-refractivity contribution in [3.63, 3.8) is 0 Å². The van der Waals surface area contributed by atoms with E-state index < -0.39 is 0 Å². The first-order valence-corrected chi connectivity index (χ1v) is 7.43. The van der Waals surface area contributed by atoms with Gasteiger partial charge in [0.05, 0.1) is 11.0 Å². The predicted molar refractivity (Wildman–Crippen MR) is 70.2 cm³/mol. The van der Waals surface area contributed by atoms with Gasteiger partial charge in [-0.25, -0.2) is 0 Å². The molecule has 1 heterocycles. The number of hydrogen-bond acceptors (Lipinski definition) is 2. The van der Waals surface area contributed by atoms with Crippen molar-refractivity contribution in [2.24, 2.45) is 11.3 Å². The molecule has 2 aliphatic carbocycles. The van der Waals surface area contributed by atoms with Crippen molar-refractivity contribution >= 4 is 31.9 Å². The molecule has 0 aliphatic heterocycles. The van der Waals surface area contributed by atoms with Gasteiger partial charge < -0.3 is 9.73 Å². The van der Waals surface area contributed by atoms with Gasteiger partial charge in [-0.3, -0.25) is 0 Å². The average Bonchev–Trinajstić information content (AvgIpc) is 3.11. The van der Waals surface area contributed by atoms with Crippen molar-refractivity contribution in [1.29, 1.82) is 0 Å². The summed E-state index contributed by atoms with van der Waals surface area (Å²) in [6, 6.07) is 2.02. The largest absolute Gasteiger partial charge is 0.452 e. The van der Waals surface area contributed by atoms with Crippen LogP contribution >= 0.6 is 31.9 Å². The molecule has 2 aliphatic rings. The van der Waals surface area contributed by atoms with Gasteiger partial charge >= 0.3 is 0 Å². The van der Waals surface area contributed by atoms with E-state index in [4.69, 9.17) is 4.42 Å². The monoisotopic (exact) mass is 347 g/mol. The summed E-state index contributed by atoms with van der Waals surface area (Å²) in [5, 5.41) is 3.53. The van der Waals surface area contributed by atoms with Crippen molar-refractivity contribution in [2.75, 3.05) is 6.54 Å². The fraction of sp³-hybridized carbons (Fsp3) is 0.667. The molecule has 0 unspecified atom stereocenters. The van der Waals surface area contributed by atoms with Crippen LogP contribution in [-0.2, 0) is 6.54 Å². The van der Waals surface area contributed by atoms with Crippen LogP contribution in [0.15, 0.2) is 19.6 Å². The minimum absolute atomic E-state index is 0.668. The summed E-state index contributed by atoms with van der Waals surface area (Å²) in [6.07, 6.45) is 5.77. The zero-order valence-electron chi connectivity index (χ0n) is 9.06. The Labute approximate surface area is 112 Å². The maximum Gasteiger partial charge on any atom is 0.183 e. The van der Waals surface area contributed by atoms with E-state index in [0.29, 0.717) is 5.41 Å². The van der Waals surface area contributed by atoms with Gasteiger partial charge in [0, 0.05) is 6.54 Å². The molecule has 88 valence electrons. The van der Waals surface area contributed by atoms with Crippen molar-refractivity contribution in [1.82, 2.24) is 5.32 Å². The lowest BCUT2D eigenvalue weighted by Crippen LogP contribution is -2.24. The van der Waals surface area contributed by atoms with Crippen molar-refractivity contribution < 1.29 is 4.42 Å². The summed E-state index contributed by atoms with van der Waals surface area (Å²) in [4.78, 5) is 0. The maximum atomic E-state index is 5.53. The van der Waals surface area contributed by atoms with E-state index >= 15 is 0 Å². The van der Waals surface area contributed by atoms with E-state index in [1.54, 1.807) is 0 Å². The van der Waals surface area contributed by atoms with E-state index in [2.05, 4.69) is 37.2 Å². The molecule has 0 atom stereocenters. The molecular formula is C12H15Br2NO. The molecule has 1 N–H and O–H groups in total. The molecule has 0 spiro atoms. The minimum Gasteiger partial charge on any atom is -0.452 e. The molecule has 0 saturated heterocycles. The summed E-state index contributed by atoms with van der Waals surface area (Å²) >= 11 is 6.78. The second-order valence-electron chi connectivity index (χ2n) is 5.07. The van der Waals surface area contributed by atoms with Crippen LogP contribution in [0.3, 0.4) is 0 Å². The lowest BCUT2D eigenvalue weighted by molar-refractivity contribution is 0.385. The fourth-order valence-corrected chi connectivity index (χ4v) is 3.16. The summed E-state index contributed by atoms with van der Waals surface area (Å²) in [7, 11) is 0. The number of nitrogens with one attached hydrogen (secondary N) is 1. The topological polar surface area (TPSA) is 25.2 Å². The van der Waals surface area contributed by atoms with E-state index in [9.17, 15) is 0 Å². The summed E-state index contributed by atoms with van der Waals surface area (Å²) in [5.74, 6) is 2.01. The number of rotatable bonds is 5. The van der Waals surface area contributed by atoms with E-state index in [-0.39, 0.29) is 0 Å². The molecule has 1 aromatic rings. The van der Waals surface area contributed by atoms with Gasteiger partial charge in [0.25, 0.3) is 0 Å². The fourth-order valence-electron chi connectivity index (χ4n) is 2.50. The second kappa shape index (κ2) is 4.14. The van der Waals surface area contributed by atoms with Crippen LogP contribution in [0.4, 0.5) is 0 Å². The Morgan fingerprint density at radius 2 is 2.12 bits per heavy atom. The van der Waals surface area contributed by atoms with Crippen LogP contribution in [0.5, 0.6) is 0 Å². The SMILES string of the molecule is Brc1cc(CNCC2(C3CC3)CC2)oc1Br. The molecular weight excluding hydrogens is 334 g/mol. The Morgan fingerprint density at radius 1 is 1.38 bits per heavy atom. The highest BCUT2D eigenvalue weighted by Gasteiger charge is 2.53. The molecule has 0 aromatic carbocycles. The van der Waals surface area contributed by atoms with Crippen LogP contribution in [0, 0.1) is 11.3 Å².